The summed E-state index contributed by atoms with van der Waals surface area (Å²) >= 11 is 7.83. The summed E-state index contributed by atoms with van der Waals surface area (Å²) in [7, 11) is 2.10. The minimum atomic E-state index is 0.427. The molecule has 102 valence electrons. The summed E-state index contributed by atoms with van der Waals surface area (Å²) in [5.41, 5.74) is 2.26. The normalized spacial score (nSPS) is 12.8. The zero-order chi connectivity index (χ0) is 13.7. The molecule has 1 aromatic heterocycles. The second-order valence-corrected chi connectivity index (χ2v) is 6.14. The van der Waals surface area contributed by atoms with Gasteiger partial charge in [0.05, 0.1) is 0 Å². The molecule has 0 spiro atoms. The van der Waals surface area contributed by atoms with Crippen LogP contribution in [0.5, 0.6) is 0 Å². The van der Waals surface area contributed by atoms with Crippen LogP contribution in [0.1, 0.15) is 37.9 Å². The number of hydrogen-bond donors (Lipinski definition) is 0. The van der Waals surface area contributed by atoms with Gasteiger partial charge in [-0.2, -0.15) is 11.8 Å². The summed E-state index contributed by atoms with van der Waals surface area (Å²) in [5, 5.41) is 0. The number of thioether (sulfide) groups is 1. The molecule has 0 saturated heterocycles. The molecule has 1 unspecified atom stereocenters. The lowest BCUT2D eigenvalue weighted by Crippen LogP contribution is -2.31. The Morgan fingerprint density at radius 3 is 2.50 bits per heavy atom. The van der Waals surface area contributed by atoms with Gasteiger partial charge in [0.1, 0.15) is 5.82 Å². The van der Waals surface area contributed by atoms with Crippen LogP contribution in [-0.4, -0.2) is 30.1 Å². The van der Waals surface area contributed by atoms with E-state index in [-0.39, 0.29) is 0 Å². The highest BCUT2D eigenvalue weighted by Crippen LogP contribution is 2.22. The Balaban J connectivity index is 3.03. The molecule has 1 rings (SSSR count). The zero-order valence-electron chi connectivity index (χ0n) is 11.9. The maximum absolute atomic E-state index is 5.97. The number of hydrogen-bond acceptors (Lipinski definition) is 3. The molecule has 0 amide bonds. The number of anilines is 1. The number of halogens is 1. The van der Waals surface area contributed by atoms with E-state index >= 15 is 0 Å². The highest BCUT2D eigenvalue weighted by atomic mass is 35.5. The van der Waals surface area contributed by atoms with E-state index in [2.05, 4.69) is 51.1 Å². The summed E-state index contributed by atoms with van der Waals surface area (Å²) < 4.78 is 0. The Labute approximate surface area is 120 Å². The Kier molecular flexibility index (Phi) is 6.30. The topological polar surface area (TPSA) is 16.1 Å². The van der Waals surface area contributed by atoms with Gasteiger partial charge in [0.25, 0.3) is 0 Å². The van der Waals surface area contributed by atoms with Crippen molar-refractivity contribution in [2.45, 2.75) is 38.6 Å². The van der Waals surface area contributed by atoms with Crippen LogP contribution in [0.25, 0.3) is 0 Å². The van der Waals surface area contributed by atoms with Crippen LogP contribution in [-0.2, 0) is 5.88 Å². The zero-order valence-corrected chi connectivity index (χ0v) is 13.5. The fraction of sp³-hybridized carbons (Fsp3) is 0.643. The molecule has 0 aromatic carbocycles. The van der Waals surface area contributed by atoms with Crippen molar-refractivity contribution in [2.24, 2.45) is 0 Å². The molecule has 2 nitrogen and oxygen atoms in total. The van der Waals surface area contributed by atoms with Crippen molar-refractivity contribution >= 4 is 29.2 Å². The lowest BCUT2D eigenvalue weighted by atomic mass is 10.1. The minimum absolute atomic E-state index is 0.427. The van der Waals surface area contributed by atoms with Crippen LogP contribution >= 0.6 is 23.4 Å². The van der Waals surface area contributed by atoms with Crippen LogP contribution in [0.3, 0.4) is 0 Å². The van der Waals surface area contributed by atoms with Gasteiger partial charge < -0.3 is 4.90 Å². The second-order valence-electron chi connectivity index (χ2n) is 4.96. The largest absolute Gasteiger partial charge is 0.356 e. The number of rotatable bonds is 6. The van der Waals surface area contributed by atoms with Gasteiger partial charge in [0, 0.05) is 30.4 Å². The van der Waals surface area contributed by atoms with Gasteiger partial charge in [-0.3, -0.25) is 0 Å². The van der Waals surface area contributed by atoms with E-state index in [0.717, 1.165) is 22.8 Å². The van der Waals surface area contributed by atoms with Crippen molar-refractivity contribution in [3.63, 3.8) is 0 Å². The van der Waals surface area contributed by atoms with Crippen molar-refractivity contribution in [1.82, 2.24) is 4.98 Å². The van der Waals surface area contributed by atoms with Gasteiger partial charge in [-0.15, -0.1) is 11.6 Å². The summed E-state index contributed by atoms with van der Waals surface area (Å²) in [6, 6.07) is 4.67. The van der Waals surface area contributed by atoms with E-state index in [1.165, 1.54) is 0 Å². The van der Waals surface area contributed by atoms with E-state index in [4.69, 9.17) is 16.6 Å². The first-order valence-corrected chi connectivity index (χ1v) is 8.21. The smallest absolute Gasteiger partial charge is 0.129 e. The van der Waals surface area contributed by atoms with Crippen molar-refractivity contribution in [3.05, 3.63) is 23.4 Å². The molecule has 0 saturated carbocycles. The number of aromatic nitrogens is 1. The van der Waals surface area contributed by atoms with E-state index in [9.17, 15) is 0 Å². The molecular weight excluding hydrogens is 264 g/mol. The highest BCUT2D eigenvalue weighted by Gasteiger charge is 2.13. The van der Waals surface area contributed by atoms with Gasteiger partial charge in [0.2, 0.25) is 0 Å². The van der Waals surface area contributed by atoms with Gasteiger partial charge in [-0.1, -0.05) is 13.8 Å². The molecule has 1 atom stereocenters. The first-order valence-electron chi connectivity index (χ1n) is 6.28. The molecule has 0 aliphatic rings. The Morgan fingerprint density at radius 2 is 2.00 bits per heavy atom. The molecule has 0 radical (unpaired) electrons. The summed E-state index contributed by atoms with van der Waals surface area (Å²) in [6.45, 7) is 6.55. The Hall–Kier alpha value is -0.410. The molecule has 4 heteroatoms. The van der Waals surface area contributed by atoms with Crippen LogP contribution in [0.15, 0.2) is 12.1 Å². The van der Waals surface area contributed by atoms with Gasteiger partial charge >= 0.3 is 0 Å². The molecule has 0 aliphatic heterocycles. The molecule has 18 heavy (non-hydrogen) atoms. The molecular formula is C14H23ClN2S. The average Bonchev–Trinajstić information content (AvgIpc) is 2.37. The molecule has 1 heterocycles. The predicted molar refractivity (Wildman–Crippen MR) is 84.1 cm³/mol. The average molecular weight is 287 g/mol. The first-order chi connectivity index (χ1) is 8.49. The van der Waals surface area contributed by atoms with E-state index in [1.54, 1.807) is 0 Å². The summed E-state index contributed by atoms with van der Waals surface area (Å²) in [6.07, 6.45) is 2.13. The van der Waals surface area contributed by atoms with Crippen LogP contribution in [0.2, 0.25) is 0 Å². The Morgan fingerprint density at radius 1 is 1.33 bits per heavy atom. The maximum atomic E-state index is 5.97. The molecule has 0 bridgehead atoms. The van der Waals surface area contributed by atoms with Gasteiger partial charge in [0.15, 0.2) is 0 Å². The van der Waals surface area contributed by atoms with E-state index in [1.807, 2.05) is 11.8 Å². The fourth-order valence-corrected chi connectivity index (χ4v) is 2.59. The second kappa shape index (κ2) is 7.25. The number of nitrogens with zero attached hydrogens (tertiary/aromatic N) is 2. The van der Waals surface area contributed by atoms with Crippen molar-refractivity contribution in [1.29, 1.82) is 0 Å². The molecule has 0 N–H and O–H groups in total. The third-order valence-corrected chi connectivity index (χ3v) is 4.19. The summed E-state index contributed by atoms with van der Waals surface area (Å²) in [5.74, 6) is 3.09. The quantitative estimate of drug-likeness (QED) is 0.732. The fourth-order valence-electron chi connectivity index (χ4n) is 1.73. The predicted octanol–water partition coefficient (Wildman–Crippen LogP) is 4.13. The molecule has 1 aromatic rings. The van der Waals surface area contributed by atoms with Crippen LogP contribution in [0, 0.1) is 0 Å². The number of alkyl halides is 1. The first kappa shape index (κ1) is 15.6. The van der Waals surface area contributed by atoms with E-state index in [0.29, 0.717) is 17.8 Å². The molecule has 0 aliphatic carbocycles. The van der Waals surface area contributed by atoms with Crippen LogP contribution in [0.4, 0.5) is 5.82 Å². The Bertz CT molecular complexity index is 382. The van der Waals surface area contributed by atoms with E-state index < -0.39 is 0 Å². The minimum Gasteiger partial charge on any atom is -0.356 e. The number of pyridine rings is 1. The highest BCUT2D eigenvalue weighted by molar-refractivity contribution is 7.98. The van der Waals surface area contributed by atoms with Gasteiger partial charge in [-0.05, 0) is 36.8 Å². The van der Waals surface area contributed by atoms with Crippen molar-refractivity contribution in [2.75, 3.05) is 24.0 Å². The lowest BCUT2D eigenvalue weighted by molar-refractivity contribution is 0.739. The van der Waals surface area contributed by atoms with Crippen molar-refractivity contribution < 1.29 is 0 Å². The monoisotopic (exact) mass is 286 g/mol. The summed E-state index contributed by atoms with van der Waals surface area (Å²) in [4.78, 5) is 6.98. The maximum Gasteiger partial charge on any atom is 0.129 e. The van der Waals surface area contributed by atoms with Gasteiger partial charge in [-0.25, -0.2) is 4.98 Å². The van der Waals surface area contributed by atoms with Crippen LogP contribution < -0.4 is 4.90 Å². The molecule has 0 fully saturated rings. The van der Waals surface area contributed by atoms with Crippen molar-refractivity contribution in [3.8, 4) is 0 Å². The standard InChI is InChI=1S/C14H23ClN2S/c1-10(2)13-6-12(8-15)7-14(16-13)17(4)11(3)9-18-5/h6-7,10-11H,8-9H2,1-5H3. The third-order valence-electron chi connectivity index (χ3n) is 3.07. The SMILES string of the molecule is CSCC(C)N(C)c1cc(CCl)cc(C(C)C)n1. The third kappa shape index (κ3) is 4.06. The lowest BCUT2D eigenvalue weighted by Gasteiger charge is -2.26.